The Kier molecular flexibility index (Phi) is 9.88. The molecule has 2 amide bonds. The van der Waals surface area contributed by atoms with E-state index in [1.807, 2.05) is 13.8 Å². The van der Waals surface area contributed by atoms with Gasteiger partial charge in [-0.1, -0.05) is 67.1 Å². The molecule has 2 unspecified atom stereocenters. The Morgan fingerprint density at radius 2 is 1.55 bits per heavy atom. The highest BCUT2D eigenvalue weighted by Crippen LogP contribution is 2.27. The number of hydrogen-bond acceptors (Lipinski definition) is 4. The molecular formula is C28H31ClFN3O4S. The smallest absolute Gasteiger partial charge is 0.264 e. The molecule has 0 saturated heterocycles. The molecule has 0 heterocycles. The zero-order chi connectivity index (χ0) is 27.9. The monoisotopic (exact) mass is 559 g/mol. The second-order valence-electron chi connectivity index (χ2n) is 8.88. The van der Waals surface area contributed by atoms with Gasteiger partial charge >= 0.3 is 0 Å². The maximum Gasteiger partial charge on any atom is 0.264 e. The molecule has 0 aliphatic rings. The normalized spacial score (nSPS) is 12.9. The predicted octanol–water partition coefficient (Wildman–Crippen LogP) is 5.01. The van der Waals surface area contributed by atoms with Crippen molar-refractivity contribution in [1.29, 1.82) is 0 Å². The number of amides is 2. The van der Waals surface area contributed by atoms with E-state index >= 15 is 0 Å². The van der Waals surface area contributed by atoms with Crippen molar-refractivity contribution in [3.63, 3.8) is 0 Å². The first-order valence-electron chi connectivity index (χ1n) is 12.2. The van der Waals surface area contributed by atoms with Crippen LogP contribution in [-0.2, 0) is 26.2 Å². The highest BCUT2D eigenvalue weighted by Gasteiger charge is 2.34. The van der Waals surface area contributed by atoms with Gasteiger partial charge in [0.1, 0.15) is 18.4 Å². The van der Waals surface area contributed by atoms with Crippen molar-refractivity contribution in [2.75, 3.05) is 10.8 Å². The molecule has 0 fully saturated rings. The molecule has 0 bridgehead atoms. The lowest BCUT2D eigenvalue weighted by Crippen LogP contribution is -2.52. The lowest BCUT2D eigenvalue weighted by Gasteiger charge is -2.32. The van der Waals surface area contributed by atoms with Crippen molar-refractivity contribution >= 4 is 39.1 Å². The number of hydrogen-bond donors (Lipinski definition) is 1. The van der Waals surface area contributed by atoms with Crippen LogP contribution in [0, 0.1) is 5.82 Å². The number of rotatable bonds is 11. The molecule has 0 saturated carbocycles. The number of sulfonamides is 1. The summed E-state index contributed by atoms with van der Waals surface area (Å²) in [4.78, 5) is 28.0. The molecule has 0 aliphatic carbocycles. The van der Waals surface area contributed by atoms with Crippen LogP contribution >= 0.6 is 11.6 Å². The zero-order valence-corrected chi connectivity index (χ0v) is 23.0. The van der Waals surface area contributed by atoms with Crippen LogP contribution in [0.1, 0.15) is 32.8 Å². The molecule has 202 valence electrons. The van der Waals surface area contributed by atoms with Crippen molar-refractivity contribution in [3.8, 4) is 0 Å². The minimum absolute atomic E-state index is 0.0515. The summed E-state index contributed by atoms with van der Waals surface area (Å²) in [6, 6.07) is 18.6. The molecule has 2 atom stereocenters. The Hall–Kier alpha value is -3.43. The van der Waals surface area contributed by atoms with Gasteiger partial charge in [0.2, 0.25) is 11.8 Å². The Balaban J connectivity index is 2.04. The zero-order valence-electron chi connectivity index (χ0n) is 21.5. The lowest BCUT2D eigenvalue weighted by atomic mass is 10.1. The third-order valence-corrected chi connectivity index (χ3v) is 8.34. The molecule has 0 aliphatic heterocycles. The van der Waals surface area contributed by atoms with Crippen molar-refractivity contribution in [3.05, 3.63) is 95.3 Å². The fraction of sp³-hybridized carbons (Fsp3) is 0.286. The first-order valence-corrected chi connectivity index (χ1v) is 14.0. The Bertz CT molecular complexity index is 1370. The summed E-state index contributed by atoms with van der Waals surface area (Å²) in [5.74, 6) is -1.90. The van der Waals surface area contributed by atoms with Crippen molar-refractivity contribution in [2.24, 2.45) is 0 Å². The van der Waals surface area contributed by atoms with E-state index < -0.39 is 40.2 Å². The summed E-state index contributed by atoms with van der Waals surface area (Å²) in [6.45, 7) is 4.54. The molecule has 7 nitrogen and oxygen atoms in total. The second kappa shape index (κ2) is 12.9. The number of halogens is 2. The standard InChI is InChI=1S/C28H31ClFN3O4S/c1-4-20(2)31-28(35)21(3)32(18-22-12-8-9-15-24(22)29)27(34)19-33(26-17-11-10-16-25(26)30)38(36,37)23-13-6-5-7-14-23/h5-17,20-21H,4,18-19H2,1-3H3,(H,31,35). The van der Waals surface area contributed by atoms with E-state index in [0.29, 0.717) is 17.0 Å². The van der Waals surface area contributed by atoms with Gasteiger partial charge in [0.05, 0.1) is 10.6 Å². The number of carbonyl (C=O) groups is 2. The fourth-order valence-corrected chi connectivity index (χ4v) is 5.38. The average Bonchev–Trinajstić information content (AvgIpc) is 2.91. The first-order chi connectivity index (χ1) is 18.1. The molecular weight excluding hydrogens is 529 g/mol. The van der Waals surface area contributed by atoms with Gasteiger partial charge in [-0.2, -0.15) is 0 Å². The molecule has 0 aromatic heterocycles. The summed E-state index contributed by atoms with van der Waals surface area (Å²) in [5.41, 5.74) is 0.299. The minimum atomic E-state index is -4.34. The van der Waals surface area contributed by atoms with Gasteiger partial charge in [0, 0.05) is 17.6 Å². The summed E-state index contributed by atoms with van der Waals surface area (Å²) >= 11 is 6.34. The van der Waals surface area contributed by atoms with E-state index in [9.17, 15) is 22.4 Å². The number of para-hydroxylation sites is 1. The molecule has 1 N–H and O–H groups in total. The van der Waals surface area contributed by atoms with Gasteiger partial charge in [-0.15, -0.1) is 0 Å². The van der Waals surface area contributed by atoms with Crippen molar-refractivity contribution in [1.82, 2.24) is 10.2 Å². The van der Waals surface area contributed by atoms with Crippen LogP contribution in [0.25, 0.3) is 0 Å². The largest absolute Gasteiger partial charge is 0.352 e. The van der Waals surface area contributed by atoms with E-state index in [4.69, 9.17) is 11.6 Å². The highest BCUT2D eigenvalue weighted by atomic mass is 35.5. The van der Waals surface area contributed by atoms with E-state index in [1.165, 1.54) is 35.2 Å². The number of carbonyl (C=O) groups excluding carboxylic acids is 2. The fourth-order valence-electron chi connectivity index (χ4n) is 3.75. The van der Waals surface area contributed by atoms with Crippen molar-refractivity contribution < 1.29 is 22.4 Å². The van der Waals surface area contributed by atoms with Crippen LogP contribution in [0.4, 0.5) is 10.1 Å². The quantitative estimate of drug-likeness (QED) is 0.358. The SMILES string of the molecule is CCC(C)NC(=O)C(C)N(Cc1ccccc1Cl)C(=O)CN(c1ccccc1F)S(=O)(=O)c1ccccc1. The molecule has 3 rings (SSSR count). The van der Waals surface area contributed by atoms with Gasteiger partial charge in [0.15, 0.2) is 0 Å². The lowest BCUT2D eigenvalue weighted by molar-refractivity contribution is -0.139. The van der Waals surface area contributed by atoms with E-state index in [-0.39, 0.29) is 23.2 Å². The second-order valence-corrected chi connectivity index (χ2v) is 11.2. The molecule has 0 radical (unpaired) electrons. The minimum Gasteiger partial charge on any atom is -0.352 e. The van der Waals surface area contributed by atoms with Gasteiger partial charge < -0.3 is 10.2 Å². The van der Waals surface area contributed by atoms with Gasteiger partial charge in [0.25, 0.3) is 10.0 Å². The Morgan fingerprint density at radius 1 is 0.947 bits per heavy atom. The summed E-state index contributed by atoms with van der Waals surface area (Å²) in [6.07, 6.45) is 0.688. The highest BCUT2D eigenvalue weighted by molar-refractivity contribution is 7.92. The number of benzene rings is 3. The number of nitrogens with one attached hydrogen (secondary N) is 1. The summed E-state index contributed by atoms with van der Waals surface area (Å²) < 4.78 is 42.9. The summed E-state index contributed by atoms with van der Waals surface area (Å²) in [5, 5.41) is 3.25. The molecule has 10 heteroatoms. The van der Waals surface area contributed by atoms with Gasteiger partial charge in [-0.25, -0.2) is 12.8 Å². The van der Waals surface area contributed by atoms with Crippen LogP contribution in [0.2, 0.25) is 5.02 Å². The predicted molar refractivity (Wildman–Crippen MR) is 147 cm³/mol. The van der Waals surface area contributed by atoms with E-state index in [0.717, 1.165) is 10.4 Å². The van der Waals surface area contributed by atoms with Crippen LogP contribution in [0.5, 0.6) is 0 Å². The number of nitrogens with zero attached hydrogens (tertiary/aromatic N) is 2. The van der Waals surface area contributed by atoms with E-state index in [2.05, 4.69) is 5.32 Å². The molecule has 38 heavy (non-hydrogen) atoms. The van der Waals surface area contributed by atoms with Crippen LogP contribution in [0.15, 0.2) is 83.8 Å². The third-order valence-electron chi connectivity index (χ3n) is 6.20. The van der Waals surface area contributed by atoms with Crippen LogP contribution in [0.3, 0.4) is 0 Å². The van der Waals surface area contributed by atoms with E-state index in [1.54, 1.807) is 49.4 Å². The first kappa shape index (κ1) is 29.1. The molecule has 0 spiro atoms. The van der Waals surface area contributed by atoms with Crippen LogP contribution in [-0.4, -0.2) is 43.8 Å². The third kappa shape index (κ3) is 6.90. The molecule has 3 aromatic rings. The van der Waals surface area contributed by atoms with Gasteiger partial charge in [-0.3, -0.25) is 13.9 Å². The maximum absolute atomic E-state index is 14.9. The topological polar surface area (TPSA) is 86.8 Å². The number of anilines is 1. The van der Waals surface area contributed by atoms with Crippen molar-refractivity contribution in [2.45, 2.75) is 50.7 Å². The van der Waals surface area contributed by atoms with Gasteiger partial charge in [-0.05, 0) is 56.2 Å². The Morgan fingerprint density at radius 3 is 2.18 bits per heavy atom. The maximum atomic E-state index is 14.9. The average molecular weight is 560 g/mol. The summed E-state index contributed by atoms with van der Waals surface area (Å²) in [7, 11) is -4.34. The van der Waals surface area contributed by atoms with Crippen LogP contribution < -0.4 is 9.62 Å². The molecule has 3 aromatic carbocycles. The Labute approximate surface area is 228 Å².